The van der Waals surface area contributed by atoms with Crippen LogP contribution in [-0.2, 0) is 9.84 Å². The van der Waals surface area contributed by atoms with E-state index in [0.717, 1.165) is 6.54 Å². The van der Waals surface area contributed by atoms with Gasteiger partial charge in [-0.25, -0.2) is 12.8 Å². The molecule has 3 nitrogen and oxygen atoms in total. The number of sulfone groups is 1. The topological polar surface area (TPSA) is 46.2 Å². The largest absolute Gasteiger partial charge is 0.316 e. The Morgan fingerprint density at radius 3 is 2.56 bits per heavy atom. The molecule has 1 aromatic rings. The summed E-state index contributed by atoms with van der Waals surface area (Å²) in [4.78, 5) is -0.200. The van der Waals surface area contributed by atoms with Crippen molar-refractivity contribution in [3.05, 3.63) is 30.1 Å². The lowest BCUT2D eigenvalue weighted by Gasteiger charge is -2.08. The van der Waals surface area contributed by atoms with Crippen LogP contribution in [0.1, 0.15) is 20.3 Å². The van der Waals surface area contributed by atoms with Gasteiger partial charge in [0.25, 0.3) is 0 Å². The summed E-state index contributed by atoms with van der Waals surface area (Å²) in [5.41, 5.74) is 0. The van der Waals surface area contributed by atoms with Crippen LogP contribution in [0.4, 0.5) is 4.39 Å². The van der Waals surface area contributed by atoms with Gasteiger partial charge < -0.3 is 5.32 Å². The van der Waals surface area contributed by atoms with Crippen LogP contribution in [0.5, 0.6) is 0 Å². The lowest BCUT2D eigenvalue weighted by Crippen LogP contribution is -2.23. The van der Waals surface area contributed by atoms with Crippen molar-refractivity contribution >= 4 is 9.84 Å². The average molecular weight is 273 g/mol. The Hall–Kier alpha value is -0.940. The van der Waals surface area contributed by atoms with Crippen molar-refractivity contribution in [3.63, 3.8) is 0 Å². The van der Waals surface area contributed by atoms with Crippen molar-refractivity contribution in [2.75, 3.05) is 18.8 Å². The molecule has 5 heteroatoms. The highest BCUT2D eigenvalue weighted by Crippen LogP contribution is 2.15. The van der Waals surface area contributed by atoms with Crippen molar-refractivity contribution in [2.24, 2.45) is 5.92 Å². The molecule has 0 unspecified atom stereocenters. The minimum atomic E-state index is -3.51. The highest BCUT2D eigenvalue weighted by molar-refractivity contribution is 7.91. The molecule has 0 aromatic heterocycles. The molecule has 0 saturated heterocycles. The molecule has 0 saturated carbocycles. The normalized spacial score (nSPS) is 12.0. The van der Waals surface area contributed by atoms with Crippen molar-refractivity contribution in [1.29, 1.82) is 0 Å². The third-order valence-corrected chi connectivity index (χ3v) is 4.32. The second kappa shape index (κ2) is 6.85. The van der Waals surface area contributed by atoms with Crippen LogP contribution in [0.2, 0.25) is 0 Å². The Morgan fingerprint density at radius 2 is 1.94 bits per heavy atom. The van der Waals surface area contributed by atoms with E-state index in [4.69, 9.17) is 0 Å². The molecule has 1 N–H and O–H groups in total. The molecule has 0 fully saturated rings. The second-order valence-corrected chi connectivity index (χ2v) is 6.78. The van der Waals surface area contributed by atoms with E-state index in [1.807, 2.05) is 0 Å². The zero-order valence-corrected chi connectivity index (χ0v) is 11.6. The van der Waals surface area contributed by atoms with Crippen LogP contribution in [0.25, 0.3) is 0 Å². The summed E-state index contributed by atoms with van der Waals surface area (Å²) in [5.74, 6) is -0.167. The van der Waals surface area contributed by atoms with Gasteiger partial charge in [0, 0.05) is 0 Å². The van der Waals surface area contributed by atoms with Gasteiger partial charge in [0.2, 0.25) is 0 Å². The van der Waals surface area contributed by atoms with Gasteiger partial charge in [-0.15, -0.1) is 0 Å². The molecular formula is C13H20FNO2S. The van der Waals surface area contributed by atoms with E-state index in [9.17, 15) is 12.8 Å². The van der Waals surface area contributed by atoms with Crippen LogP contribution in [0, 0.1) is 11.7 Å². The van der Waals surface area contributed by atoms with E-state index in [1.165, 1.54) is 24.3 Å². The molecule has 0 aliphatic heterocycles. The molecule has 0 aliphatic carbocycles. The average Bonchev–Trinajstić information content (AvgIpc) is 2.28. The minimum absolute atomic E-state index is 0.0287. The maximum atomic E-state index is 13.4. The smallest absolute Gasteiger partial charge is 0.181 e. The molecule has 0 radical (unpaired) electrons. The predicted octanol–water partition coefficient (Wildman–Crippen LogP) is 2.24. The zero-order valence-electron chi connectivity index (χ0n) is 10.8. The fraction of sp³-hybridized carbons (Fsp3) is 0.538. The molecule has 0 atom stereocenters. The first-order valence-electron chi connectivity index (χ1n) is 6.11. The van der Waals surface area contributed by atoms with Crippen molar-refractivity contribution in [2.45, 2.75) is 25.2 Å². The summed E-state index contributed by atoms with van der Waals surface area (Å²) in [6, 6.07) is 5.50. The summed E-state index contributed by atoms with van der Waals surface area (Å²) in [6.45, 7) is 5.66. The summed E-state index contributed by atoms with van der Waals surface area (Å²) < 4.78 is 37.1. The van der Waals surface area contributed by atoms with Crippen LogP contribution in [0.15, 0.2) is 29.2 Å². The Morgan fingerprint density at radius 1 is 1.28 bits per heavy atom. The SMILES string of the molecule is CC(C)CNCCCS(=O)(=O)c1ccccc1F. The maximum absolute atomic E-state index is 13.4. The van der Waals surface area contributed by atoms with Crippen LogP contribution in [0.3, 0.4) is 0 Å². The fourth-order valence-corrected chi connectivity index (χ4v) is 2.98. The van der Waals surface area contributed by atoms with Gasteiger partial charge >= 0.3 is 0 Å². The van der Waals surface area contributed by atoms with Gasteiger partial charge in [-0.2, -0.15) is 0 Å². The summed E-state index contributed by atoms with van der Waals surface area (Å²) in [6.07, 6.45) is 0.489. The van der Waals surface area contributed by atoms with Gasteiger partial charge in [0.15, 0.2) is 9.84 Å². The van der Waals surface area contributed by atoms with Gasteiger partial charge in [0.05, 0.1) is 5.75 Å². The van der Waals surface area contributed by atoms with Crippen molar-refractivity contribution in [1.82, 2.24) is 5.32 Å². The van der Waals surface area contributed by atoms with E-state index in [1.54, 1.807) is 0 Å². The predicted molar refractivity (Wildman–Crippen MR) is 70.8 cm³/mol. The number of halogens is 1. The Kier molecular flexibility index (Phi) is 5.75. The van der Waals surface area contributed by atoms with Crippen LogP contribution < -0.4 is 5.32 Å². The molecular weight excluding hydrogens is 253 g/mol. The number of hydrogen-bond donors (Lipinski definition) is 1. The van der Waals surface area contributed by atoms with Gasteiger partial charge in [-0.1, -0.05) is 26.0 Å². The number of hydrogen-bond acceptors (Lipinski definition) is 3. The van der Waals surface area contributed by atoms with Crippen molar-refractivity contribution in [3.8, 4) is 0 Å². The van der Waals surface area contributed by atoms with E-state index < -0.39 is 15.7 Å². The van der Waals surface area contributed by atoms with Crippen molar-refractivity contribution < 1.29 is 12.8 Å². The number of rotatable bonds is 7. The number of nitrogens with one attached hydrogen (secondary N) is 1. The monoisotopic (exact) mass is 273 g/mol. The third-order valence-electron chi connectivity index (χ3n) is 2.49. The van der Waals surface area contributed by atoms with Gasteiger partial charge in [-0.3, -0.25) is 0 Å². The van der Waals surface area contributed by atoms with E-state index in [2.05, 4.69) is 19.2 Å². The molecule has 1 rings (SSSR count). The highest BCUT2D eigenvalue weighted by atomic mass is 32.2. The number of benzene rings is 1. The molecule has 0 amide bonds. The molecule has 1 aromatic carbocycles. The van der Waals surface area contributed by atoms with Gasteiger partial charge in [0.1, 0.15) is 10.7 Å². The maximum Gasteiger partial charge on any atom is 0.181 e. The first-order chi connectivity index (χ1) is 8.43. The lowest BCUT2D eigenvalue weighted by atomic mass is 10.2. The zero-order chi connectivity index (χ0) is 13.6. The molecule has 0 heterocycles. The Balaban J connectivity index is 2.49. The van der Waals surface area contributed by atoms with E-state index in [0.29, 0.717) is 18.9 Å². The van der Waals surface area contributed by atoms with E-state index in [-0.39, 0.29) is 10.6 Å². The first-order valence-corrected chi connectivity index (χ1v) is 7.76. The Bertz CT molecular complexity index is 472. The second-order valence-electron chi connectivity index (χ2n) is 4.70. The van der Waals surface area contributed by atoms with Crippen LogP contribution in [-0.4, -0.2) is 27.3 Å². The highest BCUT2D eigenvalue weighted by Gasteiger charge is 2.17. The van der Waals surface area contributed by atoms with Gasteiger partial charge in [-0.05, 0) is 37.6 Å². The summed E-state index contributed by atoms with van der Waals surface area (Å²) in [5, 5.41) is 3.17. The quantitative estimate of drug-likeness (QED) is 0.775. The van der Waals surface area contributed by atoms with E-state index >= 15 is 0 Å². The standard InChI is InChI=1S/C13H20FNO2S/c1-11(2)10-15-8-5-9-18(16,17)13-7-4-3-6-12(13)14/h3-4,6-7,11,15H,5,8-10H2,1-2H3. The lowest BCUT2D eigenvalue weighted by molar-refractivity contribution is 0.543. The molecule has 18 heavy (non-hydrogen) atoms. The summed E-state index contributed by atoms with van der Waals surface area (Å²) in [7, 11) is -3.51. The molecule has 0 aliphatic rings. The minimum Gasteiger partial charge on any atom is -0.316 e. The fourth-order valence-electron chi connectivity index (χ4n) is 1.58. The molecule has 0 spiro atoms. The van der Waals surface area contributed by atoms with Crippen LogP contribution >= 0.6 is 0 Å². The molecule has 102 valence electrons. The first kappa shape index (κ1) is 15.1. The summed E-state index contributed by atoms with van der Waals surface area (Å²) >= 11 is 0. The third kappa shape index (κ3) is 4.74. The molecule has 0 bridgehead atoms. The Labute approximate surface area is 108 Å².